The maximum atomic E-state index is 12.0. The lowest BCUT2D eigenvalue weighted by molar-refractivity contribution is -0.113. The number of carbonyl (C=O) groups is 1. The maximum absolute atomic E-state index is 12.0. The number of nitrogens with zero attached hydrogens (tertiary/aromatic N) is 3. The second-order valence-electron chi connectivity index (χ2n) is 4.77. The van der Waals surface area contributed by atoms with Gasteiger partial charge in [0.25, 0.3) is 0 Å². The van der Waals surface area contributed by atoms with Crippen LogP contribution in [0.5, 0.6) is 0 Å². The fraction of sp³-hybridized carbons (Fsp3) is 0.286. The van der Waals surface area contributed by atoms with Crippen molar-refractivity contribution in [1.29, 1.82) is 0 Å². The molecule has 3 heterocycles. The summed E-state index contributed by atoms with van der Waals surface area (Å²) < 4.78 is 0. The van der Waals surface area contributed by atoms with Crippen LogP contribution in [0.3, 0.4) is 0 Å². The molecule has 22 heavy (non-hydrogen) atoms. The van der Waals surface area contributed by atoms with Crippen LogP contribution in [0.25, 0.3) is 10.2 Å². The maximum Gasteiger partial charge on any atom is 0.236 e. The summed E-state index contributed by atoms with van der Waals surface area (Å²) >= 11 is 4.52. The van der Waals surface area contributed by atoms with Crippen LogP contribution in [-0.4, -0.2) is 26.6 Å². The monoisotopic (exact) mass is 350 g/mol. The number of rotatable bonds is 4. The standard InChI is InChI=1S/C14H14N4OS3/c1-7-4-21-14(17-7)18-10(19)5-20-12-11-8(2)9(3)22-13(11)16-6-15-12/h4,6H,5H2,1-3H3,(H,17,18,19). The summed E-state index contributed by atoms with van der Waals surface area (Å²) in [5.74, 6) is 0.231. The first kappa shape index (κ1) is 15.4. The van der Waals surface area contributed by atoms with E-state index < -0.39 is 0 Å². The molecule has 0 fully saturated rings. The molecule has 0 radical (unpaired) electrons. The number of thioether (sulfide) groups is 1. The van der Waals surface area contributed by atoms with Crippen molar-refractivity contribution in [2.45, 2.75) is 25.8 Å². The average molecular weight is 350 g/mol. The molecule has 114 valence electrons. The summed E-state index contributed by atoms with van der Waals surface area (Å²) in [6.07, 6.45) is 1.56. The van der Waals surface area contributed by atoms with Crippen molar-refractivity contribution in [2.75, 3.05) is 11.1 Å². The number of carbonyl (C=O) groups excluding carboxylic acids is 1. The van der Waals surface area contributed by atoms with Gasteiger partial charge >= 0.3 is 0 Å². The van der Waals surface area contributed by atoms with Gasteiger partial charge in [-0.1, -0.05) is 11.8 Å². The van der Waals surface area contributed by atoms with Gasteiger partial charge in [0.05, 0.1) is 11.4 Å². The molecule has 3 aromatic heterocycles. The van der Waals surface area contributed by atoms with Crippen LogP contribution in [0.4, 0.5) is 5.13 Å². The fourth-order valence-corrected chi connectivity index (χ4v) is 4.58. The zero-order chi connectivity index (χ0) is 15.7. The molecule has 8 heteroatoms. The highest BCUT2D eigenvalue weighted by molar-refractivity contribution is 8.00. The van der Waals surface area contributed by atoms with Crippen LogP contribution in [0.2, 0.25) is 0 Å². The van der Waals surface area contributed by atoms with Gasteiger partial charge in [0.15, 0.2) is 5.13 Å². The molecule has 0 aliphatic rings. The Morgan fingerprint density at radius 1 is 1.32 bits per heavy atom. The molecule has 0 bridgehead atoms. The second kappa shape index (κ2) is 6.31. The van der Waals surface area contributed by atoms with E-state index in [-0.39, 0.29) is 5.91 Å². The van der Waals surface area contributed by atoms with Gasteiger partial charge < -0.3 is 5.32 Å². The predicted octanol–water partition coefficient (Wildman–Crippen LogP) is 3.80. The van der Waals surface area contributed by atoms with Crippen LogP contribution in [-0.2, 0) is 4.79 Å². The Hall–Kier alpha value is -1.51. The Morgan fingerprint density at radius 3 is 2.86 bits per heavy atom. The molecule has 0 atom stereocenters. The number of hydrogen-bond donors (Lipinski definition) is 1. The molecule has 5 nitrogen and oxygen atoms in total. The van der Waals surface area contributed by atoms with E-state index in [1.807, 2.05) is 12.3 Å². The van der Waals surface area contributed by atoms with Gasteiger partial charge in [-0.25, -0.2) is 15.0 Å². The Kier molecular flexibility index (Phi) is 4.42. The number of thiophene rings is 1. The van der Waals surface area contributed by atoms with E-state index in [1.54, 1.807) is 17.7 Å². The third kappa shape index (κ3) is 3.13. The molecule has 1 amide bonds. The van der Waals surface area contributed by atoms with E-state index >= 15 is 0 Å². The van der Waals surface area contributed by atoms with E-state index in [0.717, 1.165) is 20.9 Å². The molecule has 0 unspecified atom stereocenters. The summed E-state index contributed by atoms with van der Waals surface area (Å²) in [5.41, 5.74) is 2.11. The smallest absolute Gasteiger partial charge is 0.236 e. The molecule has 1 N–H and O–H groups in total. The largest absolute Gasteiger partial charge is 0.301 e. The van der Waals surface area contributed by atoms with Crippen LogP contribution in [0.1, 0.15) is 16.1 Å². The van der Waals surface area contributed by atoms with Crippen molar-refractivity contribution < 1.29 is 4.79 Å². The molecular formula is C14H14N4OS3. The summed E-state index contributed by atoms with van der Waals surface area (Å²) in [7, 11) is 0. The number of fused-ring (bicyclic) bond motifs is 1. The Morgan fingerprint density at radius 2 is 2.14 bits per heavy atom. The van der Waals surface area contributed by atoms with Crippen molar-refractivity contribution in [3.8, 4) is 0 Å². The zero-order valence-electron chi connectivity index (χ0n) is 12.3. The highest BCUT2D eigenvalue weighted by Crippen LogP contribution is 2.34. The quantitative estimate of drug-likeness (QED) is 0.572. The topological polar surface area (TPSA) is 67.8 Å². The lowest BCUT2D eigenvalue weighted by Gasteiger charge is -2.03. The first-order valence-electron chi connectivity index (χ1n) is 6.60. The van der Waals surface area contributed by atoms with E-state index in [0.29, 0.717) is 10.9 Å². The highest BCUT2D eigenvalue weighted by Gasteiger charge is 2.14. The van der Waals surface area contributed by atoms with Crippen LogP contribution < -0.4 is 5.32 Å². The first-order chi connectivity index (χ1) is 10.5. The van der Waals surface area contributed by atoms with Gasteiger partial charge in [-0.15, -0.1) is 22.7 Å². The van der Waals surface area contributed by atoms with Crippen molar-refractivity contribution in [2.24, 2.45) is 0 Å². The van der Waals surface area contributed by atoms with Crippen LogP contribution in [0.15, 0.2) is 16.7 Å². The molecule has 0 aromatic carbocycles. The number of aromatic nitrogens is 3. The molecule has 3 rings (SSSR count). The summed E-state index contributed by atoms with van der Waals surface area (Å²) in [6.45, 7) is 6.05. The first-order valence-corrected chi connectivity index (χ1v) is 9.28. The van der Waals surface area contributed by atoms with E-state index in [2.05, 4.69) is 34.1 Å². The number of aryl methyl sites for hydroxylation is 3. The van der Waals surface area contributed by atoms with Crippen LogP contribution >= 0.6 is 34.4 Å². The van der Waals surface area contributed by atoms with Gasteiger partial charge in [-0.2, -0.15) is 0 Å². The molecule has 3 aromatic rings. The fourth-order valence-electron chi connectivity index (χ4n) is 1.96. The Labute approximate surface area is 140 Å². The van der Waals surface area contributed by atoms with E-state index in [9.17, 15) is 4.79 Å². The minimum atomic E-state index is -0.0734. The summed E-state index contributed by atoms with van der Waals surface area (Å²) in [5, 5.41) is 7.28. The normalized spacial score (nSPS) is 11.0. The number of hydrogen-bond acceptors (Lipinski definition) is 7. The van der Waals surface area contributed by atoms with Crippen molar-refractivity contribution in [3.63, 3.8) is 0 Å². The lowest BCUT2D eigenvalue weighted by Crippen LogP contribution is -2.14. The van der Waals surface area contributed by atoms with Crippen LogP contribution in [0, 0.1) is 20.8 Å². The molecule has 0 spiro atoms. The number of amides is 1. The van der Waals surface area contributed by atoms with E-state index in [4.69, 9.17) is 0 Å². The van der Waals surface area contributed by atoms with Crippen molar-refractivity contribution in [1.82, 2.24) is 15.0 Å². The molecule has 0 aliphatic carbocycles. The molecular weight excluding hydrogens is 336 g/mol. The second-order valence-corrected chi connectivity index (χ2v) is 7.80. The van der Waals surface area contributed by atoms with Gasteiger partial charge in [-0.05, 0) is 26.3 Å². The lowest BCUT2D eigenvalue weighted by atomic mass is 10.2. The summed E-state index contributed by atoms with van der Waals surface area (Å²) in [6, 6.07) is 0. The third-order valence-corrected chi connectivity index (χ3v) is 6.12. The number of nitrogens with one attached hydrogen (secondary N) is 1. The minimum absolute atomic E-state index is 0.0734. The van der Waals surface area contributed by atoms with Gasteiger partial charge in [-0.3, -0.25) is 4.79 Å². The minimum Gasteiger partial charge on any atom is -0.301 e. The predicted molar refractivity (Wildman–Crippen MR) is 93.1 cm³/mol. The van der Waals surface area contributed by atoms with Gasteiger partial charge in [0.2, 0.25) is 5.91 Å². The molecule has 0 aliphatic heterocycles. The highest BCUT2D eigenvalue weighted by atomic mass is 32.2. The number of anilines is 1. The Balaban J connectivity index is 1.72. The Bertz CT molecular complexity index is 840. The molecule has 0 saturated heterocycles. The average Bonchev–Trinajstić information content (AvgIpc) is 3.01. The van der Waals surface area contributed by atoms with Gasteiger partial charge in [0.1, 0.15) is 16.2 Å². The molecule has 0 saturated carbocycles. The van der Waals surface area contributed by atoms with Crippen molar-refractivity contribution in [3.05, 3.63) is 27.8 Å². The zero-order valence-corrected chi connectivity index (χ0v) is 14.8. The summed E-state index contributed by atoms with van der Waals surface area (Å²) in [4.78, 5) is 27.1. The van der Waals surface area contributed by atoms with Gasteiger partial charge in [0, 0.05) is 15.6 Å². The van der Waals surface area contributed by atoms with E-state index in [1.165, 1.54) is 33.5 Å². The van der Waals surface area contributed by atoms with Crippen molar-refractivity contribution >= 4 is 55.7 Å². The third-order valence-electron chi connectivity index (χ3n) is 3.14. The number of thiazole rings is 1. The SMILES string of the molecule is Cc1csc(NC(=O)CSc2ncnc3sc(C)c(C)c23)n1.